The van der Waals surface area contributed by atoms with Gasteiger partial charge in [-0.2, -0.15) is 0 Å². The Morgan fingerprint density at radius 3 is 2.16 bits per heavy atom. The van der Waals surface area contributed by atoms with E-state index >= 15 is 0 Å². The lowest BCUT2D eigenvalue weighted by Gasteiger charge is -2.41. The van der Waals surface area contributed by atoms with Gasteiger partial charge < -0.3 is 10.0 Å². The van der Waals surface area contributed by atoms with Crippen LogP contribution >= 0.6 is 23.2 Å². The number of nitrogens with zero attached hydrogens (tertiary/aromatic N) is 2. The first-order valence-corrected chi connectivity index (χ1v) is 11.6. The molecule has 0 aliphatic carbocycles. The van der Waals surface area contributed by atoms with Crippen molar-refractivity contribution in [3.05, 3.63) is 106 Å². The van der Waals surface area contributed by atoms with Crippen LogP contribution in [0, 0.1) is 0 Å². The van der Waals surface area contributed by atoms with Crippen LogP contribution in [0.1, 0.15) is 17.2 Å². The monoisotopic (exact) mass is 462 g/mol. The van der Waals surface area contributed by atoms with Gasteiger partial charge in [0.15, 0.2) is 0 Å². The molecule has 0 saturated carbocycles. The van der Waals surface area contributed by atoms with Crippen LogP contribution < -0.4 is 4.90 Å². The zero-order chi connectivity index (χ0) is 22.1. The number of aromatic hydroxyl groups is 1. The molecular weight excluding hydrogens is 439 g/mol. The summed E-state index contributed by atoms with van der Waals surface area (Å²) in [6.45, 7) is 3.33. The molecule has 4 aromatic rings. The van der Waals surface area contributed by atoms with Crippen LogP contribution in [0.2, 0.25) is 10.0 Å². The fourth-order valence-corrected chi connectivity index (χ4v) is 5.14. The fourth-order valence-electron chi connectivity index (χ4n) is 4.73. The molecule has 4 aromatic carbocycles. The van der Waals surface area contributed by atoms with Crippen LogP contribution in [-0.4, -0.2) is 36.2 Å². The molecule has 1 unspecified atom stereocenters. The summed E-state index contributed by atoms with van der Waals surface area (Å²) in [4.78, 5) is 4.74. The lowest BCUT2D eigenvalue weighted by atomic mass is 9.91. The van der Waals surface area contributed by atoms with E-state index in [2.05, 4.69) is 52.3 Å². The predicted molar refractivity (Wildman–Crippen MR) is 134 cm³/mol. The molecule has 0 bridgehead atoms. The molecule has 1 atom stereocenters. The molecule has 1 aliphatic rings. The van der Waals surface area contributed by atoms with Crippen LogP contribution in [0.15, 0.2) is 84.9 Å². The molecule has 1 aliphatic heterocycles. The Kier molecular flexibility index (Phi) is 5.97. The molecule has 0 radical (unpaired) electrons. The van der Waals surface area contributed by atoms with Gasteiger partial charge in [0.05, 0.1) is 21.8 Å². The summed E-state index contributed by atoms with van der Waals surface area (Å²) < 4.78 is 0. The van der Waals surface area contributed by atoms with E-state index in [9.17, 15) is 5.11 Å². The van der Waals surface area contributed by atoms with Gasteiger partial charge in [-0.3, -0.25) is 4.90 Å². The maximum absolute atomic E-state index is 10.8. The highest BCUT2D eigenvalue weighted by Crippen LogP contribution is 2.39. The molecule has 5 rings (SSSR count). The predicted octanol–water partition coefficient (Wildman–Crippen LogP) is 6.76. The third kappa shape index (κ3) is 3.93. The standard InChI is InChI=1S/C27H24Cl2N2O/c28-23-12-6-13-24(26(23)29)30-15-17-31(18-16-30)27(22-10-3-4-14-25(22)32)21-11-5-8-19-7-1-2-9-20(19)21/h1-14,27,32H,15-18H2. The van der Waals surface area contributed by atoms with Crippen LogP contribution in [-0.2, 0) is 0 Å². The highest BCUT2D eigenvalue weighted by Gasteiger charge is 2.29. The van der Waals surface area contributed by atoms with Crippen molar-refractivity contribution >= 4 is 39.7 Å². The molecule has 32 heavy (non-hydrogen) atoms. The molecule has 5 heteroatoms. The number of rotatable bonds is 4. The quantitative estimate of drug-likeness (QED) is 0.362. The van der Waals surface area contributed by atoms with E-state index in [0.29, 0.717) is 15.8 Å². The van der Waals surface area contributed by atoms with Gasteiger partial charge >= 0.3 is 0 Å². The summed E-state index contributed by atoms with van der Waals surface area (Å²) in [5.74, 6) is 0.325. The molecule has 162 valence electrons. The molecule has 1 fully saturated rings. The molecule has 1 heterocycles. The number of hydrogen-bond donors (Lipinski definition) is 1. The van der Waals surface area contributed by atoms with Crippen molar-refractivity contribution in [2.75, 3.05) is 31.1 Å². The minimum atomic E-state index is -0.0423. The molecule has 3 nitrogen and oxygen atoms in total. The number of hydrogen-bond acceptors (Lipinski definition) is 3. The van der Waals surface area contributed by atoms with Crippen LogP contribution in [0.4, 0.5) is 5.69 Å². The Bertz CT molecular complexity index is 1250. The third-order valence-corrected chi connectivity index (χ3v) is 7.11. The topological polar surface area (TPSA) is 26.7 Å². The van der Waals surface area contributed by atoms with Crippen molar-refractivity contribution < 1.29 is 5.11 Å². The number of piperazine rings is 1. The number of halogens is 2. The van der Waals surface area contributed by atoms with Crippen molar-refractivity contribution in [3.8, 4) is 5.75 Å². The third-order valence-electron chi connectivity index (χ3n) is 6.30. The summed E-state index contributed by atoms with van der Waals surface area (Å²) in [5, 5.41) is 14.4. The molecule has 1 saturated heterocycles. The van der Waals surface area contributed by atoms with Crippen molar-refractivity contribution in [1.82, 2.24) is 4.90 Å². The highest BCUT2D eigenvalue weighted by molar-refractivity contribution is 6.43. The number of para-hydroxylation sites is 1. The molecule has 0 aromatic heterocycles. The largest absolute Gasteiger partial charge is 0.508 e. The van der Waals surface area contributed by atoms with E-state index in [4.69, 9.17) is 23.2 Å². The van der Waals surface area contributed by atoms with Gasteiger partial charge in [-0.1, -0.05) is 89.9 Å². The molecule has 1 N–H and O–H groups in total. The number of benzene rings is 4. The lowest BCUT2D eigenvalue weighted by molar-refractivity contribution is 0.210. The Hall–Kier alpha value is -2.72. The number of fused-ring (bicyclic) bond motifs is 1. The maximum Gasteiger partial charge on any atom is 0.120 e. The summed E-state index contributed by atoms with van der Waals surface area (Å²) in [5.41, 5.74) is 3.11. The van der Waals surface area contributed by atoms with Gasteiger partial charge in [0.2, 0.25) is 0 Å². The normalized spacial score (nSPS) is 15.8. The number of anilines is 1. The Morgan fingerprint density at radius 1 is 0.688 bits per heavy atom. The van der Waals surface area contributed by atoms with Crippen LogP contribution in [0.5, 0.6) is 5.75 Å². The van der Waals surface area contributed by atoms with Gasteiger partial charge in [0.1, 0.15) is 5.75 Å². The second kappa shape index (κ2) is 9.03. The molecule has 0 amide bonds. The first-order valence-electron chi connectivity index (χ1n) is 10.8. The number of phenols is 1. The lowest BCUT2D eigenvalue weighted by Crippen LogP contribution is -2.48. The minimum Gasteiger partial charge on any atom is -0.508 e. The maximum atomic E-state index is 10.8. The van der Waals surface area contributed by atoms with Gasteiger partial charge in [-0.25, -0.2) is 0 Å². The van der Waals surface area contributed by atoms with Gasteiger partial charge in [-0.05, 0) is 34.5 Å². The van der Waals surface area contributed by atoms with E-state index in [0.717, 1.165) is 37.4 Å². The summed E-state index contributed by atoms with van der Waals surface area (Å²) in [6.07, 6.45) is 0. The van der Waals surface area contributed by atoms with Gasteiger partial charge in [0, 0.05) is 31.7 Å². The van der Waals surface area contributed by atoms with Gasteiger partial charge in [0.25, 0.3) is 0 Å². The second-order valence-electron chi connectivity index (χ2n) is 8.13. The van der Waals surface area contributed by atoms with E-state index in [1.807, 2.05) is 36.4 Å². The Morgan fingerprint density at radius 2 is 1.34 bits per heavy atom. The van der Waals surface area contributed by atoms with E-state index in [1.165, 1.54) is 16.3 Å². The first kappa shape index (κ1) is 21.1. The molecule has 0 spiro atoms. The van der Waals surface area contributed by atoms with Crippen LogP contribution in [0.3, 0.4) is 0 Å². The Labute approximate surface area is 198 Å². The zero-order valence-corrected chi connectivity index (χ0v) is 19.1. The van der Waals surface area contributed by atoms with Crippen molar-refractivity contribution in [2.24, 2.45) is 0 Å². The molecular formula is C27H24Cl2N2O. The number of phenolic OH excluding ortho intramolecular Hbond substituents is 1. The smallest absolute Gasteiger partial charge is 0.120 e. The minimum absolute atomic E-state index is 0.0423. The second-order valence-corrected chi connectivity index (χ2v) is 8.91. The fraction of sp³-hybridized carbons (Fsp3) is 0.185. The van der Waals surface area contributed by atoms with E-state index < -0.39 is 0 Å². The van der Waals surface area contributed by atoms with Crippen LogP contribution in [0.25, 0.3) is 10.8 Å². The Balaban J connectivity index is 1.51. The summed E-state index contributed by atoms with van der Waals surface area (Å²) in [7, 11) is 0. The van der Waals surface area contributed by atoms with E-state index in [-0.39, 0.29) is 6.04 Å². The highest BCUT2D eigenvalue weighted by atomic mass is 35.5. The summed E-state index contributed by atoms with van der Waals surface area (Å²) >= 11 is 12.7. The van der Waals surface area contributed by atoms with Crippen molar-refractivity contribution in [2.45, 2.75) is 6.04 Å². The van der Waals surface area contributed by atoms with Crippen molar-refractivity contribution in [1.29, 1.82) is 0 Å². The SMILES string of the molecule is Oc1ccccc1C(c1cccc2ccccc12)N1CCN(c2cccc(Cl)c2Cl)CC1. The summed E-state index contributed by atoms with van der Waals surface area (Å²) in [6, 6.07) is 28.3. The average Bonchev–Trinajstić information content (AvgIpc) is 2.83. The van der Waals surface area contributed by atoms with Gasteiger partial charge in [-0.15, -0.1) is 0 Å². The zero-order valence-electron chi connectivity index (χ0n) is 17.6. The first-order chi connectivity index (χ1) is 15.6. The van der Waals surface area contributed by atoms with Crippen molar-refractivity contribution in [3.63, 3.8) is 0 Å². The average molecular weight is 463 g/mol. The van der Waals surface area contributed by atoms with E-state index in [1.54, 1.807) is 6.07 Å².